The van der Waals surface area contributed by atoms with Crippen LogP contribution in [0, 0.1) is 5.82 Å². The Morgan fingerprint density at radius 2 is 2.11 bits per heavy atom. The Bertz CT molecular complexity index is 545. The van der Waals surface area contributed by atoms with Crippen LogP contribution in [0.15, 0.2) is 29.6 Å². The van der Waals surface area contributed by atoms with Gasteiger partial charge in [-0.15, -0.1) is 11.3 Å². The molecule has 96 valence electrons. The summed E-state index contributed by atoms with van der Waals surface area (Å²) in [5.41, 5.74) is 3.21. The Labute approximate surface area is 118 Å². The zero-order valence-corrected chi connectivity index (χ0v) is 11.6. The summed E-state index contributed by atoms with van der Waals surface area (Å²) in [6.07, 6.45) is 0.416. The molecule has 1 aromatic carbocycles. The predicted molar refractivity (Wildman–Crippen MR) is 74.5 cm³/mol. The number of hydrazine groups is 1. The van der Waals surface area contributed by atoms with Crippen molar-refractivity contribution in [2.45, 2.75) is 12.5 Å². The molecular formula is C12H11Cl2FN2S. The van der Waals surface area contributed by atoms with Gasteiger partial charge in [0.25, 0.3) is 0 Å². The smallest absolute Gasteiger partial charge is 0.127 e. The van der Waals surface area contributed by atoms with Crippen LogP contribution in [0.5, 0.6) is 0 Å². The van der Waals surface area contributed by atoms with E-state index in [1.54, 1.807) is 18.2 Å². The molecule has 2 aromatic rings. The maximum Gasteiger partial charge on any atom is 0.127 e. The number of rotatable bonds is 4. The van der Waals surface area contributed by atoms with Crippen LogP contribution < -0.4 is 11.3 Å². The van der Waals surface area contributed by atoms with Crippen molar-refractivity contribution in [3.8, 4) is 0 Å². The lowest BCUT2D eigenvalue weighted by Gasteiger charge is -2.15. The molecule has 0 amide bonds. The van der Waals surface area contributed by atoms with Gasteiger partial charge in [-0.2, -0.15) is 0 Å². The molecule has 2 nitrogen and oxygen atoms in total. The van der Waals surface area contributed by atoms with Crippen molar-refractivity contribution < 1.29 is 4.39 Å². The van der Waals surface area contributed by atoms with Crippen LogP contribution in [-0.4, -0.2) is 0 Å². The van der Waals surface area contributed by atoms with Crippen molar-refractivity contribution in [2.75, 3.05) is 0 Å². The van der Waals surface area contributed by atoms with E-state index in [-0.39, 0.29) is 11.9 Å². The van der Waals surface area contributed by atoms with Crippen molar-refractivity contribution in [3.63, 3.8) is 0 Å². The van der Waals surface area contributed by atoms with Gasteiger partial charge in [0.15, 0.2) is 0 Å². The van der Waals surface area contributed by atoms with Crippen LogP contribution >= 0.6 is 34.5 Å². The van der Waals surface area contributed by atoms with Crippen LogP contribution in [0.3, 0.4) is 0 Å². The molecule has 0 radical (unpaired) electrons. The van der Waals surface area contributed by atoms with Gasteiger partial charge >= 0.3 is 0 Å². The van der Waals surface area contributed by atoms with E-state index >= 15 is 0 Å². The van der Waals surface area contributed by atoms with Crippen molar-refractivity contribution in [2.24, 2.45) is 5.84 Å². The molecule has 6 heteroatoms. The Morgan fingerprint density at radius 1 is 1.33 bits per heavy atom. The second-order valence-corrected chi connectivity index (χ2v) is 5.58. The number of hydrogen-bond donors (Lipinski definition) is 2. The summed E-state index contributed by atoms with van der Waals surface area (Å²) in [6.45, 7) is 0. The minimum atomic E-state index is -0.338. The Hall–Kier alpha value is -0.650. The molecule has 2 rings (SSSR count). The van der Waals surface area contributed by atoms with Gasteiger partial charge in [0.1, 0.15) is 5.82 Å². The number of nitrogens with one attached hydrogen (secondary N) is 1. The van der Waals surface area contributed by atoms with Crippen LogP contribution in [0.2, 0.25) is 10.0 Å². The van der Waals surface area contributed by atoms with E-state index in [9.17, 15) is 4.39 Å². The molecule has 1 heterocycles. The van der Waals surface area contributed by atoms with Crippen molar-refractivity contribution in [1.29, 1.82) is 0 Å². The van der Waals surface area contributed by atoms with Gasteiger partial charge in [-0.3, -0.25) is 11.3 Å². The zero-order chi connectivity index (χ0) is 13.1. The molecule has 0 fully saturated rings. The first-order valence-electron chi connectivity index (χ1n) is 5.24. The van der Waals surface area contributed by atoms with E-state index in [1.165, 1.54) is 17.4 Å². The number of halogens is 3. The van der Waals surface area contributed by atoms with Gasteiger partial charge in [0, 0.05) is 9.90 Å². The molecule has 1 unspecified atom stereocenters. The largest absolute Gasteiger partial charge is 0.271 e. The molecule has 0 saturated heterocycles. The standard InChI is InChI=1S/C12H11Cl2FN2S/c13-8-2-1-7(10(15)6-8)5-11(17-16)12-9(14)3-4-18-12/h1-4,6,11,17H,5,16H2. The molecule has 0 bridgehead atoms. The van der Waals surface area contributed by atoms with E-state index in [0.717, 1.165) is 4.88 Å². The number of benzene rings is 1. The van der Waals surface area contributed by atoms with E-state index in [1.807, 2.05) is 5.38 Å². The summed E-state index contributed by atoms with van der Waals surface area (Å²) >= 11 is 13.2. The highest BCUT2D eigenvalue weighted by atomic mass is 35.5. The first-order chi connectivity index (χ1) is 8.61. The van der Waals surface area contributed by atoms with Crippen molar-refractivity contribution in [3.05, 3.63) is 55.9 Å². The molecule has 0 saturated carbocycles. The fourth-order valence-corrected chi connectivity index (χ4v) is 3.10. The third-order valence-electron chi connectivity index (χ3n) is 2.60. The highest BCUT2D eigenvalue weighted by molar-refractivity contribution is 7.10. The molecule has 0 aliphatic heterocycles. The first kappa shape index (κ1) is 13.8. The minimum Gasteiger partial charge on any atom is -0.271 e. The maximum atomic E-state index is 13.7. The lowest BCUT2D eigenvalue weighted by atomic mass is 10.0. The molecular weight excluding hydrogens is 294 g/mol. The minimum absolute atomic E-state index is 0.215. The Balaban J connectivity index is 2.23. The lowest BCUT2D eigenvalue weighted by Crippen LogP contribution is -2.29. The van der Waals surface area contributed by atoms with Crippen LogP contribution in [0.25, 0.3) is 0 Å². The predicted octanol–water partition coefficient (Wildman–Crippen LogP) is 3.94. The molecule has 0 aliphatic rings. The second kappa shape index (κ2) is 5.99. The van der Waals surface area contributed by atoms with Gasteiger partial charge in [-0.1, -0.05) is 29.3 Å². The van der Waals surface area contributed by atoms with E-state index in [4.69, 9.17) is 29.0 Å². The van der Waals surface area contributed by atoms with E-state index in [2.05, 4.69) is 5.43 Å². The van der Waals surface area contributed by atoms with Gasteiger partial charge in [0.05, 0.1) is 11.1 Å². The lowest BCUT2D eigenvalue weighted by molar-refractivity contribution is 0.535. The fourth-order valence-electron chi connectivity index (χ4n) is 1.69. The Morgan fingerprint density at radius 3 is 2.67 bits per heavy atom. The third kappa shape index (κ3) is 3.02. The second-order valence-electron chi connectivity index (χ2n) is 3.79. The topological polar surface area (TPSA) is 38.0 Å². The monoisotopic (exact) mass is 304 g/mol. The van der Waals surface area contributed by atoms with Gasteiger partial charge in [-0.05, 0) is 35.6 Å². The number of thiophene rings is 1. The van der Waals surface area contributed by atoms with Gasteiger partial charge < -0.3 is 0 Å². The van der Waals surface area contributed by atoms with Crippen LogP contribution in [0.1, 0.15) is 16.5 Å². The summed E-state index contributed by atoms with van der Waals surface area (Å²) in [5.74, 6) is 5.17. The molecule has 0 aliphatic carbocycles. The highest BCUT2D eigenvalue weighted by Gasteiger charge is 2.17. The summed E-state index contributed by atoms with van der Waals surface area (Å²) in [6, 6.07) is 6.19. The molecule has 0 spiro atoms. The van der Waals surface area contributed by atoms with Gasteiger partial charge in [-0.25, -0.2) is 4.39 Å². The summed E-state index contributed by atoms with van der Waals surface area (Å²) in [7, 11) is 0. The normalized spacial score (nSPS) is 12.7. The van der Waals surface area contributed by atoms with Gasteiger partial charge in [0.2, 0.25) is 0 Å². The van der Waals surface area contributed by atoms with Crippen LogP contribution in [0.4, 0.5) is 4.39 Å². The molecule has 1 atom stereocenters. The van der Waals surface area contributed by atoms with E-state index in [0.29, 0.717) is 22.0 Å². The van der Waals surface area contributed by atoms with E-state index < -0.39 is 0 Å². The SMILES string of the molecule is NNC(Cc1ccc(Cl)cc1F)c1sccc1Cl. The maximum absolute atomic E-state index is 13.7. The number of hydrogen-bond acceptors (Lipinski definition) is 3. The number of nitrogens with two attached hydrogens (primary N) is 1. The highest BCUT2D eigenvalue weighted by Crippen LogP contribution is 2.31. The fraction of sp³-hybridized carbons (Fsp3) is 0.167. The quantitative estimate of drug-likeness (QED) is 0.663. The van der Waals surface area contributed by atoms with Crippen molar-refractivity contribution >= 4 is 34.5 Å². The average molecular weight is 305 g/mol. The summed E-state index contributed by atoms with van der Waals surface area (Å²) in [4.78, 5) is 0.897. The summed E-state index contributed by atoms with van der Waals surface area (Å²) < 4.78 is 13.7. The molecule has 3 N–H and O–H groups in total. The zero-order valence-electron chi connectivity index (χ0n) is 9.29. The third-order valence-corrected chi connectivity index (χ3v) is 4.31. The average Bonchev–Trinajstić information content (AvgIpc) is 2.75. The Kier molecular flexibility index (Phi) is 4.59. The summed E-state index contributed by atoms with van der Waals surface area (Å²) in [5, 5.41) is 2.89. The van der Waals surface area contributed by atoms with Crippen molar-refractivity contribution in [1.82, 2.24) is 5.43 Å². The molecule has 1 aromatic heterocycles. The van der Waals surface area contributed by atoms with Crippen LogP contribution in [-0.2, 0) is 6.42 Å². The first-order valence-corrected chi connectivity index (χ1v) is 6.88. The molecule has 18 heavy (non-hydrogen) atoms.